The summed E-state index contributed by atoms with van der Waals surface area (Å²) >= 11 is 0. The van der Waals surface area contributed by atoms with Gasteiger partial charge in [0.05, 0.1) is 17.4 Å². The van der Waals surface area contributed by atoms with E-state index in [1.165, 1.54) is 12.5 Å². The highest BCUT2D eigenvalue weighted by molar-refractivity contribution is 7.92. The van der Waals surface area contributed by atoms with E-state index in [2.05, 4.69) is 25.0 Å². The molecule has 0 fully saturated rings. The normalized spacial score (nSPS) is 11.7. The molecule has 0 unspecified atom stereocenters. The number of hydrogen-bond acceptors (Lipinski definition) is 7. The first-order valence-electron chi connectivity index (χ1n) is 9.60. The lowest BCUT2D eigenvalue weighted by molar-refractivity contribution is 0.475. The number of fused-ring (bicyclic) bond motifs is 1. The number of para-hydroxylation sites is 2. The van der Waals surface area contributed by atoms with Crippen molar-refractivity contribution in [2.75, 3.05) is 10.0 Å². The maximum absolute atomic E-state index is 12.9. The molecule has 4 aromatic rings. The standard InChI is InChI=1S/C21H22N6O3S/c1-13(2)15-9-8-14(28)10-18(15)25-20-21(24-17-7-5-4-6-16(17)23-20)26-31(29,30)19-11-27(3)12-22-19/h4-13,28H,1-3H3,(H,23,25)(H,24,26). The van der Waals surface area contributed by atoms with E-state index in [9.17, 15) is 13.5 Å². The summed E-state index contributed by atoms with van der Waals surface area (Å²) in [5.41, 5.74) is 2.67. The number of benzene rings is 2. The molecule has 0 bridgehead atoms. The molecule has 0 aliphatic rings. The van der Waals surface area contributed by atoms with Crippen molar-refractivity contribution in [3.63, 3.8) is 0 Å². The minimum atomic E-state index is -3.98. The number of nitrogens with zero attached hydrogens (tertiary/aromatic N) is 4. The van der Waals surface area contributed by atoms with E-state index in [0.717, 1.165) is 5.56 Å². The van der Waals surface area contributed by atoms with Gasteiger partial charge in [-0.15, -0.1) is 0 Å². The second-order valence-corrected chi connectivity index (χ2v) is 9.07. The first kappa shape index (κ1) is 20.6. The van der Waals surface area contributed by atoms with Crippen molar-refractivity contribution >= 4 is 38.4 Å². The monoisotopic (exact) mass is 438 g/mol. The number of aromatic hydroxyl groups is 1. The number of rotatable bonds is 6. The van der Waals surface area contributed by atoms with Crippen molar-refractivity contribution in [1.29, 1.82) is 0 Å². The second-order valence-electron chi connectivity index (χ2n) is 7.44. The Balaban J connectivity index is 1.82. The first-order valence-corrected chi connectivity index (χ1v) is 11.1. The van der Waals surface area contributed by atoms with Crippen molar-refractivity contribution in [2.45, 2.75) is 24.8 Å². The van der Waals surface area contributed by atoms with Crippen LogP contribution in [0.3, 0.4) is 0 Å². The van der Waals surface area contributed by atoms with Crippen LogP contribution in [0.1, 0.15) is 25.3 Å². The lowest BCUT2D eigenvalue weighted by Gasteiger charge is -2.17. The summed E-state index contributed by atoms with van der Waals surface area (Å²) in [6.07, 6.45) is 2.80. The van der Waals surface area contributed by atoms with Gasteiger partial charge in [0.15, 0.2) is 16.7 Å². The lowest BCUT2D eigenvalue weighted by atomic mass is 10.0. The molecule has 0 atom stereocenters. The molecule has 0 spiro atoms. The van der Waals surface area contributed by atoms with Crippen molar-refractivity contribution < 1.29 is 13.5 Å². The largest absolute Gasteiger partial charge is 0.508 e. The Labute approximate surface area is 179 Å². The predicted molar refractivity (Wildman–Crippen MR) is 119 cm³/mol. The fraction of sp³-hybridized carbons (Fsp3) is 0.190. The van der Waals surface area contributed by atoms with Gasteiger partial charge < -0.3 is 15.0 Å². The van der Waals surface area contributed by atoms with Gasteiger partial charge >= 0.3 is 0 Å². The fourth-order valence-electron chi connectivity index (χ4n) is 3.15. The zero-order valence-electron chi connectivity index (χ0n) is 17.2. The number of phenolic OH excluding ortho intramolecular Hbond substituents is 1. The Morgan fingerprint density at radius 3 is 2.32 bits per heavy atom. The van der Waals surface area contributed by atoms with Crippen LogP contribution < -0.4 is 10.0 Å². The van der Waals surface area contributed by atoms with E-state index >= 15 is 0 Å². The van der Waals surface area contributed by atoms with E-state index in [1.807, 2.05) is 26.0 Å². The predicted octanol–water partition coefficient (Wildman–Crippen LogP) is 3.74. The fourth-order valence-corrected chi connectivity index (χ4v) is 4.14. The Morgan fingerprint density at radius 1 is 1.03 bits per heavy atom. The highest BCUT2D eigenvalue weighted by Crippen LogP contribution is 2.33. The summed E-state index contributed by atoms with van der Waals surface area (Å²) < 4.78 is 29.8. The van der Waals surface area contributed by atoms with Gasteiger partial charge in [-0.25, -0.2) is 15.0 Å². The van der Waals surface area contributed by atoms with E-state index in [-0.39, 0.29) is 28.3 Å². The highest BCUT2D eigenvalue weighted by atomic mass is 32.2. The number of sulfonamides is 1. The molecular weight excluding hydrogens is 416 g/mol. The molecule has 160 valence electrons. The molecule has 10 heteroatoms. The van der Waals surface area contributed by atoms with Gasteiger partial charge in [0.25, 0.3) is 10.0 Å². The summed E-state index contributed by atoms with van der Waals surface area (Å²) in [4.78, 5) is 13.0. The van der Waals surface area contributed by atoms with Gasteiger partial charge in [-0.05, 0) is 29.7 Å². The summed E-state index contributed by atoms with van der Waals surface area (Å²) in [6.45, 7) is 4.04. The van der Waals surface area contributed by atoms with Crippen LogP contribution >= 0.6 is 0 Å². The van der Waals surface area contributed by atoms with Crippen molar-refractivity contribution in [3.05, 3.63) is 60.6 Å². The van der Waals surface area contributed by atoms with Crippen molar-refractivity contribution in [3.8, 4) is 5.75 Å². The number of anilines is 3. The van der Waals surface area contributed by atoms with Crippen molar-refractivity contribution in [1.82, 2.24) is 19.5 Å². The average molecular weight is 439 g/mol. The number of aromatic nitrogens is 4. The van der Waals surface area contributed by atoms with Gasteiger partial charge in [0.2, 0.25) is 0 Å². The Kier molecular flexibility index (Phi) is 5.24. The number of nitrogens with one attached hydrogen (secondary N) is 2. The minimum absolute atomic E-state index is 0.0300. The smallest absolute Gasteiger partial charge is 0.282 e. The zero-order chi connectivity index (χ0) is 22.2. The third-order valence-electron chi connectivity index (χ3n) is 4.67. The summed E-state index contributed by atoms with van der Waals surface area (Å²) in [7, 11) is -2.30. The van der Waals surface area contributed by atoms with Crippen LogP contribution in [0.5, 0.6) is 5.75 Å². The average Bonchev–Trinajstić information content (AvgIpc) is 3.15. The summed E-state index contributed by atoms with van der Waals surface area (Å²) in [6, 6.07) is 12.2. The SMILES string of the molecule is CC(C)c1ccc(O)cc1Nc1nc2ccccc2nc1NS(=O)(=O)c1cn(C)cn1. The Morgan fingerprint density at radius 2 is 1.71 bits per heavy atom. The van der Waals surface area contributed by atoms with Crippen LogP contribution in [0.4, 0.5) is 17.3 Å². The molecule has 9 nitrogen and oxygen atoms in total. The molecule has 0 radical (unpaired) electrons. The van der Waals surface area contributed by atoms with Gasteiger partial charge in [-0.2, -0.15) is 8.42 Å². The highest BCUT2D eigenvalue weighted by Gasteiger charge is 2.22. The zero-order valence-corrected chi connectivity index (χ0v) is 18.1. The van der Waals surface area contributed by atoms with Gasteiger partial charge in [-0.1, -0.05) is 32.0 Å². The molecule has 2 heterocycles. The number of aryl methyl sites for hydroxylation is 1. The second kappa shape index (κ2) is 7.88. The van der Waals surface area contributed by atoms with Crippen molar-refractivity contribution in [2.24, 2.45) is 7.05 Å². The third kappa shape index (κ3) is 4.29. The van der Waals surface area contributed by atoms with E-state index in [1.54, 1.807) is 41.9 Å². The molecule has 3 N–H and O–H groups in total. The van der Waals surface area contributed by atoms with Gasteiger partial charge in [0, 0.05) is 25.0 Å². The molecule has 2 aromatic heterocycles. The third-order valence-corrected chi connectivity index (χ3v) is 5.89. The van der Waals surface area contributed by atoms with E-state index in [4.69, 9.17) is 0 Å². The molecule has 31 heavy (non-hydrogen) atoms. The quantitative estimate of drug-likeness (QED) is 0.419. The Bertz CT molecular complexity index is 1360. The van der Waals surface area contributed by atoms with Crippen LogP contribution in [0.25, 0.3) is 11.0 Å². The van der Waals surface area contributed by atoms with Gasteiger partial charge in [0.1, 0.15) is 5.75 Å². The molecule has 0 amide bonds. The molecule has 0 aliphatic heterocycles. The van der Waals surface area contributed by atoms with Crippen LogP contribution in [0.15, 0.2) is 60.0 Å². The van der Waals surface area contributed by atoms with E-state index < -0.39 is 10.0 Å². The minimum Gasteiger partial charge on any atom is -0.508 e. The van der Waals surface area contributed by atoms with Crippen LogP contribution in [-0.2, 0) is 17.1 Å². The number of phenols is 1. The molecular formula is C21H22N6O3S. The number of hydrogen-bond donors (Lipinski definition) is 3. The molecule has 2 aromatic carbocycles. The van der Waals surface area contributed by atoms with Gasteiger partial charge in [-0.3, -0.25) is 4.72 Å². The maximum atomic E-state index is 12.9. The summed E-state index contributed by atoms with van der Waals surface area (Å²) in [5, 5.41) is 13.0. The van der Waals surface area contributed by atoms with Crippen LogP contribution in [0, 0.1) is 0 Å². The summed E-state index contributed by atoms with van der Waals surface area (Å²) in [5.74, 6) is 0.481. The molecule has 4 rings (SSSR count). The number of imidazole rings is 1. The molecule has 0 saturated heterocycles. The molecule has 0 aliphatic carbocycles. The Hall–Kier alpha value is -3.66. The topological polar surface area (TPSA) is 122 Å². The first-order chi connectivity index (χ1) is 14.7. The van der Waals surface area contributed by atoms with Crippen LogP contribution in [0.2, 0.25) is 0 Å². The lowest BCUT2D eigenvalue weighted by Crippen LogP contribution is -2.16. The van der Waals surface area contributed by atoms with Crippen LogP contribution in [-0.4, -0.2) is 33.0 Å². The molecule has 0 saturated carbocycles. The maximum Gasteiger partial charge on any atom is 0.282 e. The van der Waals surface area contributed by atoms with E-state index in [0.29, 0.717) is 16.7 Å².